The quantitative estimate of drug-likeness (QED) is 0.547. The average Bonchev–Trinajstić information content (AvgIpc) is 2.79. The molecule has 0 aromatic heterocycles. The van der Waals surface area contributed by atoms with Crippen LogP contribution in [-0.4, -0.2) is 78.3 Å². The Hall–Kier alpha value is -2.51. The number of nitrogens with one attached hydrogen (secondary N) is 2. The molecule has 1 saturated heterocycles. The Morgan fingerprint density at radius 2 is 1.56 bits per heavy atom. The maximum Gasteiger partial charge on any atom is 0.243 e. The van der Waals surface area contributed by atoms with Crippen molar-refractivity contribution < 1.29 is 26.4 Å². The van der Waals surface area contributed by atoms with E-state index < -0.39 is 32.0 Å². The molecule has 186 valence electrons. The molecule has 1 aliphatic heterocycles. The summed E-state index contributed by atoms with van der Waals surface area (Å²) in [6.07, 6.45) is 0. The molecule has 2 aromatic carbocycles. The number of carbonyl (C=O) groups is 1. The van der Waals surface area contributed by atoms with Crippen molar-refractivity contribution in [1.29, 1.82) is 0 Å². The van der Waals surface area contributed by atoms with Crippen molar-refractivity contribution in [2.24, 2.45) is 0 Å². The minimum Gasteiger partial charge on any atom is -0.496 e. The third-order valence-corrected chi connectivity index (χ3v) is 9.07. The van der Waals surface area contributed by atoms with Gasteiger partial charge < -0.3 is 15.0 Å². The number of hydrogen-bond donors (Lipinski definition) is 2. The van der Waals surface area contributed by atoms with Crippen molar-refractivity contribution in [1.82, 2.24) is 13.9 Å². The summed E-state index contributed by atoms with van der Waals surface area (Å²) in [5.41, 5.74) is 1.00. The highest BCUT2D eigenvalue weighted by Gasteiger charge is 2.27. The monoisotopic (exact) mass is 510 g/mol. The predicted octanol–water partition coefficient (Wildman–Crippen LogP) is 1.25. The number of ether oxygens (including phenoxy) is 1. The number of aryl methyl sites for hydroxylation is 1. The van der Waals surface area contributed by atoms with Crippen LogP contribution in [0.1, 0.15) is 12.5 Å². The normalized spacial score (nSPS) is 16.7. The van der Waals surface area contributed by atoms with E-state index in [4.69, 9.17) is 4.74 Å². The fraction of sp³-hybridized carbons (Fsp3) is 0.409. The Morgan fingerprint density at radius 3 is 2.12 bits per heavy atom. The number of hydrogen-bond acceptors (Lipinski definition) is 7. The first kappa shape index (κ1) is 26.1. The highest BCUT2D eigenvalue weighted by Crippen LogP contribution is 2.22. The third-order valence-electron chi connectivity index (χ3n) is 5.62. The number of nitrogens with zero attached hydrogens (tertiary/aromatic N) is 2. The van der Waals surface area contributed by atoms with E-state index in [0.717, 1.165) is 0 Å². The lowest BCUT2D eigenvalue weighted by atomic mass is 10.2. The standard InChI is InChI=1S/C22H30N4O6S2/c1-16-15-20(9-10-21(16)32-4)33(28,29)24-17(2)22(27)23-18-5-7-19(8-6-18)34(30,31)26-13-11-25(3)12-14-26/h5-10,15,17,24H,11-14H2,1-4H3,(H,23,27)/t17-/m1/s1. The minimum atomic E-state index is -3.94. The van der Waals surface area contributed by atoms with E-state index in [1.807, 2.05) is 7.05 Å². The van der Waals surface area contributed by atoms with Gasteiger partial charge in [0, 0.05) is 31.9 Å². The largest absolute Gasteiger partial charge is 0.496 e. The topological polar surface area (TPSA) is 125 Å². The zero-order valence-corrected chi connectivity index (χ0v) is 21.2. The van der Waals surface area contributed by atoms with Gasteiger partial charge in [0.15, 0.2) is 0 Å². The minimum absolute atomic E-state index is 0.0175. The van der Waals surface area contributed by atoms with Gasteiger partial charge in [-0.25, -0.2) is 16.8 Å². The molecule has 1 atom stereocenters. The molecule has 0 unspecified atom stereocenters. The van der Waals surface area contributed by atoms with Gasteiger partial charge in [-0.3, -0.25) is 4.79 Å². The molecule has 10 nitrogen and oxygen atoms in total. The Labute approximate surface area is 201 Å². The van der Waals surface area contributed by atoms with E-state index in [1.54, 1.807) is 13.0 Å². The number of sulfonamides is 2. The van der Waals surface area contributed by atoms with Crippen LogP contribution >= 0.6 is 0 Å². The molecule has 0 bridgehead atoms. The van der Waals surface area contributed by atoms with Crippen LogP contribution in [0.25, 0.3) is 0 Å². The van der Waals surface area contributed by atoms with Gasteiger partial charge >= 0.3 is 0 Å². The second kappa shape index (κ2) is 10.4. The molecule has 0 saturated carbocycles. The lowest BCUT2D eigenvalue weighted by Gasteiger charge is -2.31. The first-order valence-electron chi connectivity index (χ1n) is 10.7. The fourth-order valence-electron chi connectivity index (χ4n) is 3.51. The van der Waals surface area contributed by atoms with Crippen molar-refractivity contribution in [2.75, 3.05) is 45.7 Å². The second-order valence-corrected chi connectivity index (χ2v) is 11.8. The molecule has 12 heteroatoms. The van der Waals surface area contributed by atoms with E-state index in [-0.39, 0.29) is 9.79 Å². The van der Waals surface area contributed by atoms with Gasteiger partial charge in [0.1, 0.15) is 5.75 Å². The van der Waals surface area contributed by atoms with Crippen LogP contribution in [0.4, 0.5) is 5.69 Å². The highest BCUT2D eigenvalue weighted by molar-refractivity contribution is 7.89. The van der Waals surface area contributed by atoms with Crippen LogP contribution in [0.2, 0.25) is 0 Å². The average molecular weight is 511 g/mol. The number of benzene rings is 2. The molecule has 1 amide bonds. The number of carbonyl (C=O) groups excluding carboxylic acids is 1. The summed E-state index contributed by atoms with van der Waals surface area (Å²) in [7, 11) is -4.12. The van der Waals surface area contributed by atoms with Crippen molar-refractivity contribution in [2.45, 2.75) is 29.7 Å². The molecule has 34 heavy (non-hydrogen) atoms. The van der Waals surface area contributed by atoms with Crippen molar-refractivity contribution in [3.05, 3.63) is 48.0 Å². The van der Waals surface area contributed by atoms with Gasteiger partial charge in [-0.05, 0) is 68.9 Å². The number of methoxy groups -OCH3 is 1. The van der Waals surface area contributed by atoms with Crippen LogP contribution in [-0.2, 0) is 24.8 Å². The molecule has 1 fully saturated rings. The Bertz CT molecular complexity index is 1240. The van der Waals surface area contributed by atoms with E-state index in [0.29, 0.717) is 43.2 Å². The van der Waals surface area contributed by atoms with E-state index >= 15 is 0 Å². The van der Waals surface area contributed by atoms with Gasteiger partial charge in [0.2, 0.25) is 26.0 Å². The number of rotatable bonds is 8. The van der Waals surface area contributed by atoms with Crippen LogP contribution in [0.3, 0.4) is 0 Å². The van der Waals surface area contributed by atoms with Gasteiger partial charge in [0.25, 0.3) is 0 Å². The Morgan fingerprint density at radius 1 is 0.971 bits per heavy atom. The van der Waals surface area contributed by atoms with Gasteiger partial charge in [-0.2, -0.15) is 9.03 Å². The van der Waals surface area contributed by atoms with Crippen molar-refractivity contribution in [3.8, 4) is 5.75 Å². The highest BCUT2D eigenvalue weighted by atomic mass is 32.2. The zero-order valence-electron chi connectivity index (χ0n) is 19.6. The summed E-state index contributed by atoms with van der Waals surface area (Å²) < 4.78 is 59.9. The first-order valence-corrected chi connectivity index (χ1v) is 13.6. The number of piperazine rings is 1. The molecule has 1 aliphatic rings. The summed E-state index contributed by atoms with van der Waals surface area (Å²) >= 11 is 0. The van der Waals surface area contributed by atoms with E-state index in [1.165, 1.54) is 54.7 Å². The maximum absolute atomic E-state index is 12.8. The van der Waals surface area contributed by atoms with Gasteiger partial charge in [-0.15, -0.1) is 0 Å². The number of anilines is 1. The smallest absolute Gasteiger partial charge is 0.243 e. The summed E-state index contributed by atoms with van der Waals surface area (Å²) in [6.45, 7) is 5.32. The second-order valence-electron chi connectivity index (χ2n) is 8.20. The first-order chi connectivity index (χ1) is 15.9. The van der Waals surface area contributed by atoms with Gasteiger partial charge in [-0.1, -0.05) is 0 Å². The SMILES string of the molecule is COc1ccc(S(=O)(=O)N[C@H](C)C(=O)Nc2ccc(S(=O)(=O)N3CCN(C)CC3)cc2)cc1C. The van der Waals surface area contributed by atoms with Crippen molar-refractivity contribution in [3.63, 3.8) is 0 Å². The molecule has 1 heterocycles. The van der Waals surface area contributed by atoms with E-state index in [9.17, 15) is 21.6 Å². The third kappa shape index (κ3) is 5.94. The summed E-state index contributed by atoms with van der Waals surface area (Å²) in [6, 6.07) is 9.16. The molecular weight excluding hydrogens is 480 g/mol. The number of amides is 1. The summed E-state index contributed by atoms with van der Waals surface area (Å²) in [5, 5.41) is 2.61. The maximum atomic E-state index is 12.8. The fourth-order valence-corrected chi connectivity index (χ4v) is 6.22. The molecular formula is C22H30N4O6S2. The zero-order chi connectivity index (χ0) is 25.1. The molecule has 0 aliphatic carbocycles. The lowest BCUT2D eigenvalue weighted by Crippen LogP contribution is -2.47. The van der Waals surface area contributed by atoms with Crippen molar-refractivity contribution >= 4 is 31.6 Å². The molecule has 2 aromatic rings. The van der Waals surface area contributed by atoms with Gasteiger partial charge in [0.05, 0.1) is 22.9 Å². The summed E-state index contributed by atoms with van der Waals surface area (Å²) in [4.78, 5) is 14.8. The van der Waals surface area contributed by atoms with Crippen LogP contribution in [0.15, 0.2) is 52.3 Å². The van der Waals surface area contributed by atoms with Crippen LogP contribution < -0.4 is 14.8 Å². The lowest BCUT2D eigenvalue weighted by molar-refractivity contribution is -0.117. The predicted molar refractivity (Wildman–Crippen MR) is 129 cm³/mol. The van der Waals surface area contributed by atoms with Crippen LogP contribution in [0.5, 0.6) is 5.75 Å². The number of likely N-dealkylation sites (N-methyl/N-ethyl adjacent to an activating group) is 1. The van der Waals surface area contributed by atoms with Crippen LogP contribution in [0, 0.1) is 6.92 Å². The molecule has 0 radical (unpaired) electrons. The Kier molecular flexibility index (Phi) is 7.98. The molecule has 0 spiro atoms. The Balaban J connectivity index is 1.64. The van der Waals surface area contributed by atoms with E-state index in [2.05, 4.69) is 14.9 Å². The molecule has 3 rings (SSSR count). The molecule has 2 N–H and O–H groups in total. The summed E-state index contributed by atoms with van der Waals surface area (Å²) in [5.74, 6) is -0.0219.